The zero-order chi connectivity index (χ0) is 17.1. The van der Waals surface area contributed by atoms with Crippen molar-refractivity contribution in [2.75, 3.05) is 0 Å². The van der Waals surface area contributed by atoms with E-state index >= 15 is 0 Å². The van der Waals surface area contributed by atoms with Gasteiger partial charge in [-0.3, -0.25) is 4.79 Å². The molecule has 0 fully saturated rings. The number of ketones is 1. The van der Waals surface area contributed by atoms with Gasteiger partial charge in [-0.25, -0.2) is 0 Å². The van der Waals surface area contributed by atoms with E-state index in [-0.39, 0.29) is 5.78 Å². The molecule has 120 valence electrons. The fourth-order valence-corrected chi connectivity index (χ4v) is 3.32. The maximum atomic E-state index is 13.1. The van der Waals surface area contributed by atoms with Crippen LogP contribution in [0, 0.1) is 0 Å². The minimum Gasteiger partial charge on any atom is -0.289 e. The molecule has 0 aliphatic heterocycles. The SMILES string of the molecule is O=C(c1ccccc1)c1cccc2cccc(Cc3ccccc3)c12. The number of carbonyl (C=O) groups excluding carboxylic acids is 1. The van der Waals surface area contributed by atoms with Crippen LogP contribution in [-0.2, 0) is 6.42 Å². The molecule has 0 N–H and O–H groups in total. The summed E-state index contributed by atoms with van der Waals surface area (Å²) in [6.45, 7) is 0. The first-order valence-electron chi connectivity index (χ1n) is 8.47. The average Bonchev–Trinajstić information content (AvgIpc) is 2.69. The van der Waals surface area contributed by atoms with Crippen LogP contribution in [0.15, 0.2) is 97.1 Å². The maximum Gasteiger partial charge on any atom is 0.193 e. The molecule has 1 nitrogen and oxygen atoms in total. The van der Waals surface area contributed by atoms with Crippen molar-refractivity contribution in [1.82, 2.24) is 0 Å². The number of rotatable bonds is 4. The van der Waals surface area contributed by atoms with Crippen LogP contribution in [-0.4, -0.2) is 5.78 Å². The summed E-state index contributed by atoms with van der Waals surface area (Å²) in [7, 11) is 0. The van der Waals surface area contributed by atoms with E-state index in [9.17, 15) is 4.79 Å². The van der Waals surface area contributed by atoms with Gasteiger partial charge >= 0.3 is 0 Å². The smallest absolute Gasteiger partial charge is 0.193 e. The van der Waals surface area contributed by atoms with E-state index in [1.807, 2.05) is 48.5 Å². The Morgan fingerprint density at radius 1 is 0.640 bits per heavy atom. The van der Waals surface area contributed by atoms with Crippen molar-refractivity contribution in [3.05, 3.63) is 119 Å². The van der Waals surface area contributed by atoms with Crippen molar-refractivity contribution in [3.8, 4) is 0 Å². The third kappa shape index (κ3) is 3.09. The van der Waals surface area contributed by atoms with E-state index in [0.717, 1.165) is 28.3 Å². The van der Waals surface area contributed by atoms with Gasteiger partial charge in [0.15, 0.2) is 5.78 Å². The molecule has 0 aliphatic rings. The summed E-state index contributed by atoms with van der Waals surface area (Å²) >= 11 is 0. The molecule has 0 aliphatic carbocycles. The third-order valence-corrected chi connectivity index (χ3v) is 4.51. The van der Waals surface area contributed by atoms with E-state index < -0.39 is 0 Å². The van der Waals surface area contributed by atoms with Crippen LogP contribution in [0.2, 0.25) is 0 Å². The van der Waals surface area contributed by atoms with Gasteiger partial charge in [-0.1, -0.05) is 97.1 Å². The summed E-state index contributed by atoms with van der Waals surface area (Å²) in [5, 5.41) is 2.16. The molecule has 0 spiro atoms. The van der Waals surface area contributed by atoms with Crippen molar-refractivity contribution in [3.63, 3.8) is 0 Å². The largest absolute Gasteiger partial charge is 0.289 e. The lowest BCUT2D eigenvalue weighted by Gasteiger charge is -2.12. The Morgan fingerprint density at radius 2 is 1.28 bits per heavy atom. The molecule has 0 saturated carbocycles. The fourth-order valence-electron chi connectivity index (χ4n) is 3.32. The summed E-state index contributed by atoms with van der Waals surface area (Å²) in [4.78, 5) is 13.1. The Bertz CT molecular complexity index is 1010. The van der Waals surface area contributed by atoms with Gasteiger partial charge in [-0.05, 0) is 28.3 Å². The van der Waals surface area contributed by atoms with Crippen LogP contribution in [0.4, 0.5) is 0 Å². The quantitative estimate of drug-likeness (QED) is 0.443. The van der Waals surface area contributed by atoms with Gasteiger partial charge in [0.25, 0.3) is 0 Å². The number of hydrogen-bond donors (Lipinski definition) is 0. The van der Waals surface area contributed by atoms with Crippen LogP contribution in [0.1, 0.15) is 27.0 Å². The second kappa shape index (κ2) is 6.74. The number of fused-ring (bicyclic) bond motifs is 1. The topological polar surface area (TPSA) is 17.1 Å². The molecule has 4 aromatic rings. The zero-order valence-electron chi connectivity index (χ0n) is 13.9. The molecule has 1 heteroatoms. The van der Waals surface area contributed by atoms with Gasteiger partial charge in [0.05, 0.1) is 0 Å². The van der Waals surface area contributed by atoms with Crippen LogP contribution in [0.5, 0.6) is 0 Å². The first-order valence-corrected chi connectivity index (χ1v) is 8.47. The van der Waals surface area contributed by atoms with E-state index in [2.05, 4.69) is 48.5 Å². The second-order valence-corrected chi connectivity index (χ2v) is 6.18. The van der Waals surface area contributed by atoms with Gasteiger partial charge in [0.1, 0.15) is 0 Å². The normalized spacial score (nSPS) is 10.7. The van der Waals surface area contributed by atoms with Gasteiger partial charge in [-0.15, -0.1) is 0 Å². The zero-order valence-corrected chi connectivity index (χ0v) is 13.9. The summed E-state index contributed by atoms with van der Waals surface area (Å²) in [5.74, 6) is 0.0757. The van der Waals surface area contributed by atoms with Crippen LogP contribution < -0.4 is 0 Å². The lowest BCUT2D eigenvalue weighted by Crippen LogP contribution is -2.03. The molecule has 4 rings (SSSR count). The molecule has 0 saturated heterocycles. The number of carbonyl (C=O) groups is 1. The highest BCUT2D eigenvalue weighted by Gasteiger charge is 2.14. The molecule has 0 heterocycles. The second-order valence-electron chi connectivity index (χ2n) is 6.18. The van der Waals surface area contributed by atoms with Crippen LogP contribution in [0.25, 0.3) is 10.8 Å². The summed E-state index contributed by atoms with van der Waals surface area (Å²) < 4.78 is 0. The first-order chi connectivity index (χ1) is 12.3. The minimum absolute atomic E-state index is 0.0757. The molecule has 0 radical (unpaired) electrons. The molecular weight excluding hydrogens is 304 g/mol. The van der Waals surface area contributed by atoms with E-state index in [1.165, 1.54) is 11.1 Å². The van der Waals surface area contributed by atoms with E-state index in [1.54, 1.807) is 0 Å². The van der Waals surface area contributed by atoms with Crippen molar-refractivity contribution < 1.29 is 4.79 Å². The molecule has 0 bridgehead atoms. The number of hydrogen-bond acceptors (Lipinski definition) is 1. The highest BCUT2D eigenvalue weighted by Crippen LogP contribution is 2.27. The molecule has 0 amide bonds. The fraction of sp³-hybridized carbons (Fsp3) is 0.0417. The molecule has 0 unspecified atom stereocenters. The Labute approximate surface area is 147 Å². The molecule has 0 atom stereocenters. The maximum absolute atomic E-state index is 13.1. The standard InChI is InChI=1S/C24H18O/c25-24(20-11-5-2-6-12-20)22-16-8-14-19-13-7-15-21(23(19)22)17-18-9-3-1-4-10-18/h1-16H,17H2. The minimum atomic E-state index is 0.0757. The highest BCUT2D eigenvalue weighted by atomic mass is 16.1. The third-order valence-electron chi connectivity index (χ3n) is 4.51. The average molecular weight is 322 g/mol. The van der Waals surface area contributed by atoms with Crippen molar-refractivity contribution >= 4 is 16.6 Å². The Hall–Kier alpha value is -3.19. The van der Waals surface area contributed by atoms with Gasteiger partial charge in [0.2, 0.25) is 0 Å². The lowest BCUT2D eigenvalue weighted by molar-refractivity contribution is 0.104. The van der Waals surface area contributed by atoms with Gasteiger partial charge in [-0.2, -0.15) is 0 Å². The molecule has 4 aromatic carbocycles. The monoisotopic (exact) mass is 322 g/mol. The predicted molar refractivity (Wildman–Crippen MR) is 103 cm³/mol. The molecular formula is C24H18O. The Balaban J connectivity index is 1.86. The van der Waals surface area contributed by atoms with Crippen LogP contribution >= 0.6 is 0 Å². The summed E-state index contributed by atoms with van der Waals surface area (Å²) in [5.41, 5.74) is 3.93. The summed E-state index contributed by atoms with van der Waals surface area (Å²) in [6, 6.07) is 32.1. The predicted octanol–water partition coefficient (Wildman–Crippen LogP) is 5.66. The van der Waals surface area contributed by atoms with Crippen molar-refractivity contribution in [1.29, 1.82) is 0 Å². The Kier molecular flexibility index (Phi) is 4.14. The first kappa shape index (κ1) is 15.3. The molecule has 25 heavy (non-hydrogen) atoms. The van der Waals surface area contributed by atoms with Crippen molar-refractivity contribution in [2.24, 2.45) is 0 Å². The molecule has 0 aromatic heterocycles. The highest BCUT2D eigenvalue weighted by molar-refractivity contribution is 6.17. The van der Waals surface area contributed by atoms with Crippen LogP contribution in [0.3, 0.4) is 0 Å². The Morgan fingerprint density at radius 3 is 2.00 bits per heavy atom. The van der Waals surface area contributed by atoms with E-state index in [0.29, 0.717) is 0 Å². The van der Waals surface area contributed by atoms with Gasteiger partial charge in [0, 0.05) is 11.1 Å². The van der Waals surface area contributed by atoms with E-state index in [4.69, 9.17) is 0 Å². The lowest BCUT2D eigenvalue weighted by atomic mass is 9.91. The number of benzene rings is 4. The van der Waals surface area contributed by atoms with Crippen molar-refractivity contribution in [2.45, 2.75) is 6.42 Å². The van der Waals surface area contributed by atoms with Gasteiger partial charge < -0.3 is 0 Å². The summed E-state index contributed by atoms with van der Waals surface area (Å²) in [6.07, 6.45) is 0.817.